The van der Waals surface area contributed by atoms with Crippen LogP contribution >= 0.6 is 0 Å². The Labute approximate surface area is 103 Å². The minimum absolute atomic E-state index is 1.04. The van der Waals surface area contributed by atoms with Gasteiger partial charge in [0.1, 0.15) is 0 Å². The maximum absolute atomic E-state index is 4.13. The Morgan fingerprint density at radius 3 is 2.53 bits per heavy atom. The van der Waals surface area contributed by atoms with E-state index in [2.05, 4.69) is 68.4 Å². The van der Waals surface area contributed by atoms with Crippen LogP contribution in [-0.4, -0.2) is 19.0 Å². The van der Waals surface area contributed by atoms with Gasteiger partial charge < -0.3 is 4.90 Å². The first-order chi connectivity index (χ1) is 8.18. The average Bonchev–Trinajstić information content (AvgIpc) is 2.97. The molecule has 2 rings (SSSR count). The second-order valence-electron chi connectivity index (χ2n) is 4.30. The zero-order valence-electron chi connectivity index (χ0n) is 10.4. The van der Waals surface area contributed by atoms with Crippen LogP contribution in [0.5, 0.6) is 0 Å². The third kappa shape index (κ3) is 2.56. The molecular formula is C16H17N-2. The quantitative estimate of drug-likeness (QED) is 0.705. The predicted octanol–water partition coefficient (Wildman–Crippen LogP) is 3.56. The van der Waals surface area contributed by atoms with E-state index >= 15 is 0 Å². The fraction of sp³-hybridized carbons (Fsp3) is 0.125. The molecule has 0 N–H and O–H groups in total. The van der Waals surface area contributed by atoms with Gasteiger partial charge in [-0.3, -0.25) is 0 Å². The molecular weight excluding hydrogens is 206 g/mol. The Hall–Kier alpha value is -2.02. The molecule has 0 fully saturated rings. The van der Waals surface area contributed by atoms with E-state index in [1.165, 1.54) is 16.8 Å². The monoisotopic (exact) mass is 223 g/mol. The van der Waals surface area contributed by atoms with E-state index in [1.54, 1.807) is 0 Å². The third-order valence-electron chi connectivity index (χ3n) is 2.78. The first kappa shape index (κ1) is 11.5. The van der Waals surface area contributed by atoms with E-state index in [-0.39, 0.29) is 0 Å². The van der Waals surface area contributed by atoms with Crippen molar-refractivity contribution in [3.8, 4) is 0 Å². The van der Waals surface area contributed by atoms with Gasteiger partial charge in [0.05, 0.1) is 0 Å². The molecule has 17 heavy (non-hydrogen) atoms. The van der Waals surface area contributed by atoms with Gasteiger partial charge in [0.2, 0.25) is 0 Å². The number of hydrogen-bond donors (Lipinski definition) is 0. The van der Waals surface area contributed by atoms with Crippen molar-refractivity contribution in [2.24, 2.45) is 0 Å². The van der Waals surface area contributed by atoms with Crippen LogP contribution in [0.3, 0.4) is 0 Å². The number of rotatable bonds is 4. The van der Waals surface area contributed by atoms with Crippen LogP contribution in [0.25, 0.3) is 5.57 Å². The molecule has 0 saturated carbocycles. The Kier molecular flexibility index (Phi) is 3.29. The summed E-state index contributed by atoms with van der Waals surface area (Å²) in [5, 5.41) is 0. The summed E-state index contributed by atoms with van der Waals surface area (Å²) in [5.41, 5.74) is 4.62. The zero-order valence-corrected chi connectivity index (χ0v) is 10.4. The summed E-state index contributed by atoms with van der Waals surface area (Å²) in [6, 6.07) is 8.23. The SMILES string of the molecule is C=C([CH-]C(=C1C=CC=C1)N(C)C)c1ccc[cH-]1. The van der Waals surface area contributed by atoms with Crippen molar-refractivity contribution in [2.75, 3.05) is 14.1 Å². The lowest BCUT2D eigenvalue weighted by Crippen LogP contribution is -2.13. The fourth-order valence-electron chi connectivity index (χ4n) is 1.85. The van der Waals surface area contributed by atoms with Gasteiger partial charge in [-0.05, 0) is 5.70 Å². The molecule has 0 amide bonds. The second-order valence-corrected chi connectivity index (χ2v) is 4.30. The lowest BCUT2D eigenvalue weighted by atomic mass is 10.0. The molecule has 1 aliphatic rings. The van der Waals surface area contributed by atoms with Gasteiger partial charge >= 0.3 is 0 Å². The zero-order chi connectivity index (χ0) is 12.3. The first-order valence-corrected chi connectivity index (χ1v) is 5.70. The number of hydrogen-bond acceptors (Lipinski definition) is 1. The summed E-state index contributed by atoms with van der Waals surface area (Å²) >= 11 is 0. The molecule has 0 heterocycles. The lowest BCUT2D eigenvalue weighted by molar-refractivity contribution is 0.521. The van der Waals surface area contributed by atoms with Gasteiger partial charge in [-0.15, -0.1) is 0 Å². The van der Waals surface area contributed by atoms with Crippen LogP contribution in [0.2, 0.25) is 0 Å². The Bertz CT molecular complexity index is 468. The molecule has 0 bridgehead atoms. The van der Waals surface area contributed by atoms with Gasteiger partial charge in [0.25, 0.3) is 0 Å². The van der Waals surface area contributed by atoms with Crippen molar-refractivity contribution < 1.29 is 0 Å². The Morgan fingerprint density at radius 1 is 1.29 bits per heavy atom. The summed E-state index contributed by atoms with van der Waals surface area (Å²) < 4.78 is 0. The molecule has 1 heteroatoms. The number of nitrogens with zero attached hydrogens (tertiary/aromatic N) is 1. The molecule has 0 saturated heterocycles. The van der Waals surface area contributed by atoms with E-state index in [9.17, 15) is 0 Å². The first-order valence-electron chi connectivity index (χ1n) is 5.70. The molecule has 0 spiro atoms. The second kappa shape index (κ2) is 4.88. The molecule has 0 aromatic heterocycles. The van der Waals surface area contributed by atoms with Gasteiger partial charge in [-0.1, -0.05) is 29.9 Å². The molecule has 1 nitrogen and oxygen atoms in total. The van der Waals surface area contributed by atoms with E-state index < -0.39 is 0 Å². The van der Waals surface area contributed by atoms with E-state index in [4.69, 9.17) is 0 Å². The van der Waals surface area contributed by atoms with Crippen molar-refractivity contribution >= 4 is 5.57 Å². The van der Waals surface area contributed by atoms with Crippen molar-refractivity contribution in [2.45, 2.75) is 0 Å². The third-order valence-corrected chi connectivity index (χ3v) is 2.78. The fourth-order valence-corrected chi connectivity index (χ4v) is 1.85. The molecule has 1 aromatic rings. The number of allylic oxidation sites excluding steroid dienone is 6. The maximum Gasteiger partial charge on any atom is 0.00453 e. The minimum Gasteiger partial charge on any atom is -0.394 e. The maximum atomic E-state index is 4.13. The highest BCUT2D eigenvalue weighted by atomic mass is 15.1. The predicted molar refractivity (Wildman–Crippen MR) is 74.4 cm³/mol. The molecule has 0 atom stereocenters. The highest BCUT2D eigenvalue weighted by molar-refractivity contribution is 5.74. The van der Waals surface area contributed by atoms with Crippen LogP contribution in [-0.2, 0) is 0 Å². The van der Waals surface area contributed by atoms with Crippen LogP contribution in [0, 0.1) is 6.42 Å². The van der Waals surface area contributed by atoms with Crippen LogP contribution in [0.1, 0.15) is 5.56 Å². The van der Waals surface area contributed by atoms with Gasteiger partial charge in [0, 0.05) is 14.1 Å². The minimum atomic E-state index is 1.04. The van der Waals surface area contributed by atoms with E-state index in [0.717, 1.165) is 5.57 Å². The van der Waals surface area contributed by atoms with Gasteiger partial charge in [-0.2, -0.15) is 24.6 Å². The van der Waals surface area contributed by atoms with Crippen LogP contribution in [0.15, 0.2) is 66.4 Å². The standard InChI is InChI=1S/C16H17N/c1-13(14-8-4-5-9-14)12-16(17(2)3)15-10-6-7-11-15/h4-12H,1H2,2-3H3/q-2. The largest absolute Gasteiger partial charge is 0.394 e. The topological polar surface area (TPSA) is 3.24 Å². The molecule has 88 valence electrons. The van der Waals surface area contributed by atoms with E-state index in [0.29, 0.717) is 0 Å². The highest BCUT2D eigenvalue weighted by Crippen LogP contribution is 2.25. The van der Waals surface area contributed by atoms with E-state index in [1.807, 2.05) is 12.1 Å². The average molecular weight is 223 g/mol. The summed E-state index contributed by atoms with van der Waals surface area (Å²) in [7, 11) is 4.11. The van der Waals surface area contributed by atoms with Crippen molar-refractivity contribution in [1.82, 2.24) is 4.90 Å². The Morgan fingerprint density at radius 2 is 2.00 bits per heavy atom. The van der Waals surface area contributed by atoms with Gasteiger partial charge in [0.15, 0.2) is 0 Å². The summed E-state index contributed by atoms with van der Waals surface area (Å²) in [6.07, 6.45) is 10.5. The highest BCUT2D eigenvalue weighted by Gasteiger charge is 2.00. The lowest BCUT2D eigenvalue weighted by Gasteiger charge is -2.28. The van der Waals surface area contributed by atoms with Crippen LogP contribution < -0.4 is 0 Å². The Balaban J connectivity index is 2.20. The molecule has 0 aliphatic heterocycles. The van der Waals surface area contributed by atoms with Crippen molar-refractivity contribution in [1.29, 1.82) is 0 Å². The van der Waals surface area contributed by atoms with Crippen molar-refractivity contribution in [3.05, 3.63) is 78.4 Å². The molecule has 1 aliphatic carbocycles. The normalized spacial score (nSPS) is 12.9. The molecule has 0 radical (unpaired) electrons. The molecule has 0 unspecified atom stereocenters. The summed E-state index contributed by atoms with van der Waals surface area (Å²) in [5.74, 6) is 0. The van der Waals surface area contributed by atoms with Crippen LogP contribution in [0.4, 0.5) is 0 Å². The smallest absolute Gasteiger partial charge is 0.00453 e. The summed E-state index contributed by atoms with van der Waals surface area (Å²) in [6.45, 7) is 4.13. The summed E-state index contributed by atoms with van der Waals surface area (Å²) in [4.78, 5) is 2.11. The van der Waals surface area contributed by atoms with Gasteiger partial charge in [-0.25, -0.2) is 23.8 Å². The van der Waals surface area contributed by atoms with Crippen molar-refractivity contribution in [3.63, 3.8) is 0 Å². The molecule has 1 aromatic carbocycles.